The van der Waals surface area contributed by atoms with Crippen LogP contribution in [0.25, 0.3) is 0 Å². The third-order valence-electron chi connectivity index (χ3n) is 4.46. The Hall–Kier alpha value is -1.75. The molecule has 0 aliphatic heterocycles. The zero-order valence-electron chi connectivity index (χ0n) is 13.9. The summed E-state index contributed by atoms with van der Waals surface area (Å²) in [5.41, 5.74) is 0.988. The fourth-order valence-electron chi connectivity index (χ4n) is 2.99. The van der Waals surface area contributed by atoms with Crippen LogP contribution in [0.15, 0.2) is 18.2 Å². The molecule has 0 atom stereocenters. The quantitative estimate of drug-likeness (QED) is 0.736. The zero-order chi connectivity index (χ0) is 17.5. The predicted molar refractivity (Wildman–Crippen MR) is 92.4 cm³/mol. The first-order valence-corrected chi connectivity index (χ1v) is 8.74. The van der Waals surface area contributed by atoms with Gasteiger partial charge in [0.1, 0.15) is 5.75 Å². The maximum Gasteiger partial charge on any atom is 0.306 e. The summed E-state index contributed by atoms with van der Waals surface area (Å²) in [6.07, 6.45) is 3.21. The molecule has 1 aliphatic rings. The number of hydrogen-bond acceptors (Lipinski definition) is 3. The van der Waals surface area contributed by atoms with Gasteiger partial charge < -0.3 is 15.2 Å². The number of benzene rings is 1. The molecule has 0 unspecified atom stereocenters. The second-order valence-corrected chi connectivity index (χ2v) is 6.73. The van der Waals surface area contributed by atoms with E-state index in [1.165, 1.54) is 0 Å². The molecule has 0 radical (unpaired) electrons. The minimum absolute atomic E-state index is 0.0292. The number of halogens is 1. The number of carbonyl (C=O) groups excluding carboxylic acids is 1. The number of carboxylic acid groups (broad SMARTS) is 1. The molecule has 1 aromatic rings. The highest BCUT2D eigenvalue weighted by Gasteiger charge is 2.29. The minimum atomic E-state index is -0.747. The monoisotopic (exact) mass is 353 g/mol. The van der Waals surface area contributed by atoms with Gasteiger partial charge in [-0.15, -0.1) is 0 Å². The lowest BCUT2D eigenvalue weighted by Crippen LogP contribution is -2.35. The summed E-state index contributed by atoms with van der Waals surface area (Å²) in [4.78, 5) is 23.0. The van der Waals surface area contributed by atoms with Gasteiger partial charge in [0, 0.05) is 17.5 Å². The van der Waals surface area contributed by atoms with Crippen molar-refractivity contribution < 1.29 is 19.4 Å². The molecule has 1 fully saturated rings. The zero-order valence-corrected chi connectivity index (χ0v) is 14.6. The highest BCUT2D eigenvalue weighted by atomic mass is 35.5. The van der Waals surface area contributed by atoms with Gasteiger partial charge in [-0.25, -0.2) is 0 Å². The molecule has 1 saturated carbocycles. The average molecular weight is 354 g/mol. The van der Waals surface area contributed by atoms with Crippen molar-refractivity contribution in [3.63, 3.8) is 0 Å². The number of hydrogen-bond donors (Lipinski definition) is 2. The van der Waals surface area contributed by atoms with Crippen molar-refractivity contribution in [3.8, 4) is 5.75 Å². The second-order valence-electron chi connectivity index (χ2n) is 6.29. The van der Waals surface area contributed by atoms with Crippen LogP contribution in [-0.4, -0.2) is 30.1 Å². The van der Waals surface area contributed by atoms with Gasteiger partial charge in [-0.2, -0.15) is 0 Å². The van der Waals surface area contributed by atoms with Crippen molar-refractivity contribution in [2.24, 2.45) is 11.8 Å². The van der Waals surface area contributed by atoms with Crippen LogP contribution in [0.1, 0.15) is 37.7 Å². The maximum absolute atomic E-state index is 12.1. The molecule has 1 amide bonds. The van der Waals surface area contributed by atoms with Gasteiger partial charge in [-0.3, -0.25) is 9.59 Å². The molecular formula is C18H24ClNO4. The minimum Gasteiger partial charge on any atom is -0.493 e. The van der Waals surface area contributed by atoms with Gasteiger partial charge in [0.05, 0.1) is 12.5 Å². The highest BCUT2D eigenvalue weighted by Crippen LogP contribution is 2.29. The summed E-state index contributed by atoms with van der Waals surface area (Å²) >= 11 is 5.90. The second kappa shape index (κ2) is 8.92. The third kappa shape index (κ3) is 5.41. The summed E-state index contributed by atoms with van der Waals surface area (Å²) < 4.78 is 5.68. The lowest BCUT2D eigenvalue weighted by atomic mass is 9.81. The number of carbonyl (C=O) groups is 2. The van der Waals surface area contributed by atoms with Crippen LogP contribution in [0.2, 0.25) is 5.02 Å². The standard InChI is InChI=1S/C18H24ClNO4/c1-12-11-15(19)7-8-16(12)24-10-2-9-20-17(21)13-3-5-14(6-4-13)18(22)23/h7-8,11,13-14H,2-6,9-10H2,1H3,(H,20,21)(H,22,23). The van der Waals surface area contributed by atoms with Gasteiger partial charge >= 0.3 is 5.97 Å². The number of amides is 1. The van der Waals surface area contributed by atoms with Crippen molar-refractivity contribution in [2.75, 3.05) is 13.2 Å². The van der Waals surface area contributed by atoms with E-state index in [-0.39, 0.29) is 17.7 Å². The van der Waals surface area contributed by atoms with Crippen molar-refractivity contribution in [1.29, 1.82) is 0 Å². The van der Waals surface area contributed by atoms with Gasteiger partial charge in [-0.05, 0) is 62.8 Å². The molecule has 2 N–H and O–H groups in total. The Labute approximate surface area is 147 Å². The van der Waals surface area contributed by atoms with Crippen LogP contribution in [0, 0.1) is 18.8 Å². The lowest BCUT2D eigenvalue weighted by molar-refractivity contribution is -0.144. The van der Waals surface area contributed by atoms with E-state index in [1.54, 1.807) is 6.07 Å². The Balaban J connectivity index is 1.62. The molecule has 2 rings (SSSR count). The Kier molecular flexibility index (Phi) is 6.91. The number of carboxylic acids is 1. The first-order chi connectivity index (χ1) is 11.5. The van der Waals surface area contributed by atoms with E-state index in [0.717, 1.165) is 17.7 Å². The van der Waals surface area contributed by atoms with E-state index in [1.807, 2.05) is 19.1 Å². The molecule has 0 spiro atoms. The number of aliphatic carboxylic acids is 1. The SMILES string of the molecule is Cc1cc(Cl)ccc1OCCCNC(=O)C1CCC(C(=O)O)CC1. The molecule has 5 nitrogen and oxygen atoms in total. The molecule has 24 heavy (non-hydrogen) atoms. The van der Waals surface area contributed by atoms with Gasteiger partial charge in [-0.1, -0.05) is 11.6 Å². The molecule has 0 heterocycles. The van der Waals surface area contributed by atoms with E-state index in [9.17, 15) is 9.59 Å². The molecule has 1 aromatic carbocycles. The van der Waals surface area contributed by atoms with Crippen molar-refractivity contribution >= 4 is 23.5 Å². The molecular weight excluding hydrogens is 330 g/mol. The smallest absolute Gasteiger partial charge is 0.306 e. The van der Waals surface area contributed by atoms with Crippen LogP contribution in [0.5, 0.6) is 5.75 Å². The Bertz CT molecular complexity index is 582. The largest absolute Gasteiger partial charge is 0.493 e. The van der Waals surface area contributed by atoms with E-state index in [4.69, 9.17) is 21.4 Å². The van der Waals surface area contributed by atoms with Crippen LogP contribution in [-0.2, 0) is 9.59 Å². The number of rotatable bonds is 7. The number of ether oxygens (including phenoxy) is 1. The summed E-state index contributed by atoms with van der Waals surface area (Å²) in [7, 11) is 0. The van der Waals surface area contributed by atoms with Gasteiger partial charge in [0.25, 0.3) is 0 Å². The molecule has 0 bridgehead atoms. The molecule has 132 valence electrons. The average Bonchev–Trinajstić information content (AvgIpc) is 2.56. The maximum atomic E-state index is 12.1. The number of nitrogens with one attached hydrogen (secondary N) is 1. The summed E-state index contributed by atoms with van der Waals surface area (Å²) in [6.45, 7) is 3.02. The highest BCUT2D eigenvalue weighted by molar-refractivity contribution is 6.30. The number of aryl methyl sites for hydroxylation is 1. The van der Waals surface area contributed by atoms with Crippen LogP contribution >= 0.6 is 11.6 Å². The Morgan fingerprint density at radius 1 is 1.25 bits per heavy atom. The van der Waals surface area contributed by atoms with E-state index < -0.39 is 5.97 Å². The normalized spacial score (nSPS) is 20.4. The third-order valence-corrected chi connectivity index (χ3v) is 4.70. The lowest BCUT2D eigenvalue weighted by Gasteiger charge is -2.25. The first-order valence-electron chi connectivity index (χ1n) is 8.37. The van der Waals surface area contributed by atoms with Gasteiger partial charge in [0.15, 0.2) is 0 Å². The van der Waals surface area contributed by atoms with Crippen molar-refractivity contribution in [3.05, 3.63) is 28.8 Å². The van der Waals surface area contributed by atoms with Crippen molar-refractivity contribution in [2.45, 2.75) is 39.0 Å². The Morgan fingerprint density at radius 3 is 2.54 bits per heavy atom. The summed E-state index contributed by atoms with van der Waals surface area (Å²) in [6, 6.07) is 5.49. The van der Waals surface area contributed by atoms with Crippen molar-refractivity contribution in [1.82, 2.24) is 5.32 Å². The Morgan fingerprint density at radius 2 is 1.92 bits per heavy atom. The van der Waals surface area contributed by atoms with Gasteiger partial charge in [0.2, 0.25) is 5.91 Å². The van der Waals surface area contributed by atoms with E-state index >= 15 is 0 Å². The molecule has 0 saturated heterocycles. The topological polar surface area (TPSA) is 75.6 Å². The fraction of sp³-hybridized carbons (Fsp3) is 0.556. The first kappa shape index (κ1) is 18.6. The molecule has 1 aliphatic carbocycles. The predicted octanol–water partition coefficient (Wildman–Crippen LogP) is 3.42. The summed E-state index contributed by atoms with van der Waals surface area (Å²) in [5, 5.41) is 12.6. The van der Waals surface area contributed by atoms with Crippen LogP contribution < -0.4 is 10.1 Å². The van der Waals surface area contributed by atoms with Crippen LogP contribution in [0.3, 0.4) is 0 Å². The van der Waals surface area contributed by atoms with E-state index in [2.05, 4.69) is 5.32 Å². The summed E-state index contributed by atoms with van der Waals surface area (Å²) in [5.74, 6) is -0.257. The molecule has 0 aromatic heterocycles. The van der Waals surface area contributed by atoms with E-state index in [0.29, 0.717) is 43.9 Å². The molecule has 6 heteroatoms. The van der Waals surface area contributed by atoms with Crippen LogP contribution in [0.4, 0.5) is 0 Å². The fourth-order valence-corrected chi connectivity index (χ4v) is 3.21.